The number of amides is 1. The van der Waals surface area contributed by atoms with Crippen molar-refractivity contribution in [1.82, 2.24) is 10.2 Å². The van der Waals surface area contributed by atoms with Gasteiger partial charge in [0.2, 0.25) is 5.91 Å². The summed E-state index contributed by atoms with van der Waals surface area (Å²) in [6, 6.07) is 7.75. The Labute approximate surface area is 125 Å². The molecule has 1 aliphatic rings. The molecule has 19 heavy (non-hydrogen) atoms. The lowest BCUT2D eigenvalue weighted by Crippen LogP contribution is -2.35. The number of benzene rings is 1. The predicted octanol–water partition coefficient (Wildman–Crippen LogP) is 2.89. The molecule has 0 radical (unpaired) electrons. The van der Waals surface area contributed by atoms with Gasteiger partial charge in [0.25, 0.3) is 0 Å². The van der Waals surface area contributed by atoms with E-state index in [0.29, 0.717) is 5.02 Å². The Morgan fingerprint density at radius 1 is 1.53 bits per heavy atom. The molecule has 0 saturated carbocycles. The van der Waals surface area contributed by atoms with E-state index in [1.165, 1.54) is 0 Å². The van der Waals surface area contributed by atoms with Crippen LogP contribution in [0.1, 0.15) is 24.9 Å². The number of carbonyl (C=O) groups excluding carboxylic acids is 1. The maximum absolute atomic E-state index is 12.3. The molecule has 0 aliphatic carbocycles. The average Bonchev–Trinajstić information content (AvgIpc) is 2.90. The molecule has 2 rings (SSSR count). The fraction of sp³-hybridized carbons (Fsp3) is 0.500. The van der Waals surface area contributed by atoms with Gasteiger partial charge in [-0.05, 0) is 37.6 Å². The Morgan fingerprint density at radius 2 is 2.26 bits per heavy atom. The zero-order valence-corrected chi connectivity index (χ0v) is 12.8. The van der Waals surface area contributed by atoms with Gasteiger partial charge in [0.15, 0.2) is 0 Å². The minimum absolute atomic E-state index is 0. The van der Waals surface area contributed by atoms with E-state index >= 15 is 0 Å². The van der Waals surface area contributed by atoms with E-state index in [2.05, 4.69) is 5.32 Å². The first-order valence-corrected chi connectivity index (χ1v) is 6.70. The van der Waals surface area contributed by atoms with E-state index in [1.807, 2.05) is 43.1 Å². The Balaban J connectivity index is 0.00000180. The molecule has 1 amide bonds. The molecule has 1 N–H and O–H groups in total. The number of hydrogen-bond acceptors (Lipinski definition) is 2. The van der Waals surface area contributed by atoms with Crippen LogP contribution >= 0.6 is 24.0 Å². The van der Waals surface area contributed by atoms with Gasteiger partial charge in [0, 0.05) is 18.6 Å². The van der Waals surface area contributed by atoms with Crippen LogP contribution in [0, 0.1) is 5.92 Å². The molecular formula is C14H20Cl2N2O. The topological polar surface area (TPSA) is 32.3 Å². The summed E-state index contributed by atoms with van der Waals surface area (Å²) in [4.78, 5) is 14.1. The number of hydrogen-bond donors (Lipinski definition) is 1. The third-order valence-corrected chi connectivity index (χ3v) is 3.90. The van der Waals surface area contributed by atoms with Gasteiger partial charge in [0.1, 0.15) is 0 Å². The molecule has 0 aromatic heterocycles. The van der Waals surface area contributed by atoms with Gasteiger partial charge in [0.05, 0.1) is 12.0 Å². The third kappa shape index (κ3) is 3.85. The van der Waals surface area contributed by atoms with Gasteiger partial charge >= 0.3 is 0 Å². The number of nitrogens with zero attached hydrogens (tertiary/aromatic N) is 1. The SMILES string of the molecule is CC(c1cccc(Cl)c1)N(C)C(=O)C1CCNC1.Cl. The molecular weight excluding hydrogens is 283 g/mol. The highest BCUT2D eigenvalue weighted by Crippen LogP contribution is 2.24. The second-order valence-electron chi connectivity index (χ2n) is 4.87. The Morgan fingerprint density at radius 3 is 2.84 bits per heavy atom. The van der Waals surface area contributed by atoms with E-state index in [-0.39, 0.29) is 30.3 Å². The van der Waals surface area contributed by atoms with Crippen molar-refractivity contribution in [2.45, 2.75) is 19.4 Å². The van der Waals surface area contributed by atoms with Crippen LogP contribution in [0.4, 0.5) is 0 Å². The maximum Gasteiger partial charge on any atom is 0.227 e. The minimum Gasteiger partial charge on any atom is -0.339 e. The highest BCUT2D eigenvalue weighted by molar-refractivity contribution is 6.30. The van der Waals surface area contributed by atoms with Crippen LogP contribution in [-0.2, 0) is 4.79 Å². The van der Waals surface area contributed by atoms with Crippen LogP contribution in [0.25, 0.3) is 0 Å². The van der Waals surface area contributed by atoms with Crippen molar-refractivity contribution in [3.8, 4) is 0 Å². The molecule has 1 aliphatic heterocycles. The van der Waals surface area contributed by atoms with E-state index in [0.717, 1.165) is 25.1 Å². The van der Waals surface area contributed by atoms with Gasteiger partial charge in [-0.3, -0.25) is 4.79 Å². The standard InChI is InChI=1S/C14H19ClN2O.ClH/c1-10(11-4-3-5-13(15)8-11)17(2)14(18)12-6-7-16-9-12;/h3-5,8,10,12,16H,6-7,9H2,1-2H3;1H. The van der Waals surface area contributed by atoms with Crippen LogP contribution in [0.3, 0.4) is 0 Å². The van der Waals surface area contributed by atoms with E-state index in [4.69, 9.17) is 11.6 Å². The van der Waals surface area contributed by atoms with Gasteiger partial charge in [-0.15, -0.1) is 12.4 Å². The molecule has 1 saturated heterocycles. The van der Waals surface area contributed by atoms with E-state index < -0.39 is 0 Å². The molecule has 0 spiro atoms. The lowest BCUT2D eigenvalue weighted by atomic mass is 10.0. The first-order chi connectivity index (χ1) is 8.59. The molecule has 5 heteroatoms. The van der Waals surface area contributed by atoms with Crippen molar-refractivity contribution < 1.29 is 4.79 Å². The lowest BCUT2D eigenvalue weighted by Gasteiger charge is -2.27. The highest BCUT2D eigenvalue weighted by atomic mass is 35.5. The lowest BCUT2D eigenvalue weighted by molar-refractivity contribution is -0.135. The Kier molecular flexibility index (Phi) is 6.11. The van der Waals surface area contributed by atoms with Gasteiger partial charge in [-0.25, -0.2) is 0 Å². The minimum atomic E-state index is 0. The normalized spacial score (nSPS) is 19.6. The summed E-state index contributed by atoms with van der Waals surface area (Å²) in [5.41, 5.74) is 1.07. The number of nitrogens with one attached hydrogen (secondary N) is 1. The zero-order valence-electron chi connectivity index (χ0n) is 11.2. The van der Waals surface area contributed by atoms with Crippen LogP contribution in [0.2, 0.25) is 5.02 Å². The third-order valence-electron chi connectivity index (χ3n) is 3.67. The van der Waals surface area contributed by atoms with Crippen LogP contribution in [-0.4, -0.2) is 30.9 Å². The quantitative estimate of drug-likeness (QED) is 0.931. The summed E-state index contributed by atoms with van der Waals surface area (Å²) >= 11 is 5.99. The van der Waals surface area contributed by atoms with Crippen LogP contribution in [0.5, 0.6) is 0 Å². The van der Waals surface area contributed by atoms with Gasteiger partial charge < -0.3 is 10.2 Å². The fourth-order valence-electron chi connectivity index (χ4n) is 2.33. The predicted molar refractivity (Wildman–Crippen MR) is 80.9 cm³/mol. The monoisotopic (exact) mass is 302 g/mol. The molecule has 1 heterocycles. The summed E-state index contributed by atoms with van der Waals surface area (Å²) in [5, 5.41) is 3.94. The Bertz CT molecular complexity index is 433. The summed E-state index contributed by atoms with van der Waals surface area (Å²) in [7, 11) is 1.87. The van der Waals surface area contributed by atoms with E-state index in [1.54, 1.807) is 0 Å². The number of carbonyl (C=O) groups is 1. The fourth-order valence-corrected chi connectivity index (χ4v) is 2.53. The van der Waals surface area contributed by atoms with Crippen molar-refractivity contribution in [2.24, 2.45) is 5.92 Å². The van der Waals surface area contributed by atoms with Crippen molar-refractivity contribution in [1.29, 1.82) is 0 Å². The summed E-state index contributed by atoms with van der Waals surface area (Å²) in [6.07, 6.45) is 0.936. The highest BCUT2D eigenvalue weighted by Gasteiger charge is 2.27. The molecule has 0 bridgehead atoms. The molecule has 2 atom stereocenters. The molecule has 1 aromatic carbocycles. The number of halogens is 2. The van der Waals surface area contributed by atoms with Crippen molar-refractivity contribution >= 4 is 29.9 Å². The summed E-state index contributed by atoms with van der Waals surface area (Å²) in [5.74, 6) is 0.337. The van der Waals surface area contributed by atoms with Crippen LogP contribution in [0.15, 0.2) is 24.3 Å². The average molecular weight is 303 g/mol. The first kappa shape index (κ1) is 16.3. The Hall–Kier alpha value is -0.770. The van der Waals surface area contributed by atoms with Crippen molar-refractivity contribution in [3.05, 3.63) is 34.9 Å². The van der Waals surface area contributed by atoms with E-state index in [9.17, 15) is 4.79 Å². The zero-order chi connectivity index (χ0) is 13.1. The van der Waals surface area contributed by atoms with Gasteiger partial charge in [-0.2, -0.15) is 0 Å². The molecule has 2 unspecified atom stereocenters. The maximum atomic E-state index is 12.3. The molecule has 3 nitrogen and oxygen atoms in total. The largest absolute Gasteiger partial charge is 0.339 e. The molecule has 1 fully saturated rings. The second kappa shape index (κ2) is 7.13. The molecule has 1 aromatic rings. The molecule has 106 valence electrons. The van der Waals surface area contributed by atoms with Crippen molar-refractivity contribution in [3.63, 3.8) is 0 Å². The van der Waals surface area contributed by atoms with Gasteiger partial charge in [-0.1, -0.05) is 23.7 Å². The summed E-state index contributed by atoms with van der Waals surface area (Å²) in [6.45, 7) is 3.77. The second-order valence-corrected chi connectivity index (χ2v) is 5.31. The summed E-state index contributed by atoms with van der Waals surface area (Å²) < 4.78 is 0. The van der Waals surface area contributed by atoms with Crippen LogP contribution < -0.4 is 5.32 Å². The smallest absolute Gasteiger partial charge is 0.227 e. The number of rotatable bonds is 3. The van der Waals surface area contributed by atoms with Crippen molar-refractivity contribution in [2.75, 3.05) is 20.1 Å². The first-order valence-electron chi connectivity index (χ1n) is 6.32.